The maximum atomic E-state index is 9.65. The minimum Gasteiger partial charge on any atom is -0.427 e. The maximum absolute atomic E-state index is 9.65. The second-order valence-corrected chi connectivity index (χ2v) is 4.05. The van der Waals surface area contributed by atoms with Gasteiger partial charge in [0.2, 0.25) is 0 Å². The van der Waals surface area contributed by atoms with Crippen molar-refractivity contribution in [1.82, 2.24) is 0 Å². The molecule has 0 aromatic heterocycles. The first-order valence-electron chi connectivity index (χ1n) is 4.29. The van der Waals surface area contributed by atoms with Crippen molar-refractivity contribution >= 4 is 7.12 Å². The van der Waals surface area contributed by atoms with E-state index in [0.717, 1.165) is 0 Å². The molecule has 0 unspecified atom stereocenters. The molecule has 4 heteroatoms. The maximum Gasteiger partial charge on any atom is 0.454 e. The number of hydrogen-bond acceptors (Lipinski definition) is 3. The SMILES string of the molecule is CCB(O)OC(C)(C)C(C)(C)O. The normalized spacial score (nSPS) is 13.2. The fourth-order valence-electron chi connectivity index (χ4n) is 0.568. The van der Waals surface area contributed by atoms with Gasteiger partial charge >= 0.3 is 7.12 Å². The van der Waals surface area contributed by atoms with E-state index in [1.807, 2.05) is 6.92 Å². The smallest absolute Gasteiger partial charge is 0.427 e. The Bertz CT molecular complexity index is 140. The molecule has 2 N–H and O–H groups in total. The zero-order valence-corrected chi connectivity index (χ0v) is 8.59. The molecule has 0 atom stereocenters. The molecule has 0 saturated carbocycles. The van der Waals surface area contributed by atoms with Gasteiger partial charge in [-0.3, -0.25) is 0 Å². The summed E-state index contributed by atoms with van der Waals surface area (Å²) in [5.74, 6) is 0. The summed E-state index contributed by atoms with van der Waals surface area (Å²) >= 11 is 0. The summed E-state index contributed by atoms with van der Waals surface area (Å²) in [5, 5.41) is 18.9. The molecule has 3 nitrogen and oxygen atoms in total. The summed E-state index contributed by atoms with van der Waals surface area (Å²) in [6, 6.07) is 0. The van der Waals surface area contributed by atoms with E-state index >= 15 is 0 Å². The van der Waals surface area contributed by atoms with E-state index in [1.54, 1.807) is 27.7 Å². The van der Waals surface area contributed by atoms with E-state index in [1.165, 1.54) is 0 Å². The van der Waals surface area contributed by atoms with Gasteiger partial charge in [-0.1, -0.05) is 6.92 Å². The van der Waals surface area contributed by atoms with Crippen LogP contribution < -0.4 is 0 Å². The van der Waals surface area contributed by atoms with E-state index < -0.39 is 18.3 Å². The first-order chi connectivity index (χ1) is 5.20. The van der Waals surface area contributed by atoms with Gasteiger partial charge in [0, 0.05) is 0 Å². The molecule has 0 saturated heterocycles. The van der Waals surface area contributed by atoms with Gasteiger partial charge in [-0.05, 0) is 34.0 Å². The highest BCUT2D eigenvalue weighted by molar-refractivity contribution is 6.42. The standard InChI is InChI=1S/C8H19BO3/c1-6-9(11)12-8(4,5)7(2,3)10/h10-11H,6H2,1-5H3. The zero-order chi connectivity index (χ0) is 9.99. The van der Waals surface area contributed by atoms with Gasteiger partial charge in [0.05, 0.1) is 11.2 Å². The minimum atomic E-state index is -0.955. The first-order valence-corrected chi connectivity index (χ1v) is 4.29. The highest BCUT2D eigenvalue weighted by atomic mass is 16.5. The van der Waals surface area contributed by atoms with Gasteiger partial charge in [0.15, 0.2) is 0 Å². The fourth-order valence-corrected chi connectivity index (χ4v) is 0.568. The Balaban J connectivity index is 4.22. The van der Waals surface area contributed by atoms with Gasteiger partial charge in [0.25, 0.3) is 0 Å². The molecule has 0 aliphatic rings. The summed E-state index contributed by atoms with van der Waals surface area (Å²) in [7, 11) is -0.800. The lowest BCUT2D eigenvalue weighted by Gasteiger charge is -2.38. The highest BCUT2D eigenvalue weighted by Gasteiger charge is 2.38. The summed E-state index contributed by atoms with van der Waals surface area (Å²) in [5.41, 5.74) is -1.69. The molecule has 0 heterocycles. The van der Waals surface area contributed by atoms with Crippen LogP contribution >= 0.6 is 0 Å². The average molecular weight is 174 g/mol. The summed E-state index contributed by atoms with van der Waals surface area (Å²) < 4.78 is 5.26. The summed E-state index contributed by atoms with van der Waals surface area (Å²) in [6.45, 7) is 8.66. The Morgan fingerprint density at radius 2 is 1.67 bits per heavy atom. The van der Waals surface area contributed by atoms with Gasteiger partial charge in [0.1, 0.15) is 0 Å². The lowest BCUT2D eigenvalue weighted by Crippen LogP contribution is -2.50. The molecular weight excluding hydrogens is 155 g/mol. The van der Waals surface area contributed by atoms with Crippen LogP contribution in [0, 0.1) is 0 Å². The van der Waals surface area contributed by atoms with Crippen LogP contribution in [0.4, 0.5) is 0 Å². The van der Waals surface area contributed by atoms with Crippen molar-refractivity contribution in [2.45, 2.75) is 52.1 Å². The molecular formula is C8H19BO3. The van der Waals surface area contributed by atoms with Crippen LogP contribution in [-0.2, 0) is 4.65 Å². The van der Waals surface area contributed by atoms with Crippen LogP contribution in [0.1, 0.15) is 34.6 Å². The predicted octanol–water partition coefficient (Wildman–Crippen LogP) is 1.05. The predicted molar refractivity (Wildman–Crippen MR) is 49.9 cm³/mol. The molecule has 0 aliphatic heterocycles. The third-order valence-electron chi connectivity index (χ3n) is 2.25. The Hall–Kier alpha value is -0.0551. The van der Waals surface area contributed by atoms with Crippen molar-refractivity contribution in [3.63, 3.8) is 0 Å². The lowest BCUT2D eigenvalue weighted by molar-refractivity contribution is -0.0998. The summed E-state index contributed by atoms with van der Waals surface area (Å²) in [6.07, 6.45) is 0.527. The molecule has 0 aromatic carbocycles. The molecule has 0 fully saturated rings. The first kappa shape index (κ1) is 11.9. The Morgan fingerprint density at radius 3 is 1.92 bits per heavy atom. The fraction of sp³-hybridized carbons (Fsp3) is 1.00. The van der Waals surface area contributed by atoms with Crippen molar-refractivity contribution in [1.29, 1.82) is 0 Å². The molecule has 0 amide bonds. The van der Waals surface area contributed by atoms with Crippen LogP contribution in [0.5, 0.6) is 0 Å². The Labute approximate surface area is 74.9 Å². The third-order valence-corrected chi connectivity index (χ3v) is 2.25. The summed E-state index contributed by atoms with van der Waals surface area (Å²) in [4.78, 5) is 0. The largest absolute Gasteiger partial charge is 0.454 e. The lowest BCUT2D eigenvalue weighted by atomic mass is 9.81. The van der Waals surface area contributed by atoms with Gasteiger partial charge in [-0.15, -0.1) is 0 Å². The number of rotatable bonds is 4. The molecule has 0 aromatic rings. The van der Waals surface area contributed by atoms with Crippen LogP contribution in [0.15, 0.2) is 0 Å². The number of aliphatic hydroxyl groups is 1. The third kappa shape index (κ3) is 3.13. The highest BCUT2D eigenvalue weighted by Crippen LogP contribution is 2.25. The van der Waals surface area contributed by atoms with Gasteiger partial charge in [-0.25, -0.2) is 0 Å². The number of hydrogen-bond donors (Lipinski definition) is 2. The van der Waals surface area contributed by atoms with Crippen LogP contribution in [0.2, 0.25) is 6.32 Å². The zero-order valence-electron chi connectivity index (χ0n) is 8.59. The Kier molecular flexibility index (Phi) is 3.75. The Morgan fingerprint density at radius 1 is 1.25 bits per heavy atom. The van der Waals surface area contributed by atoms with Crippen LogP contribution in [0.3, 0.4) is 0 Å². The molecule has 0 aliphatic carbocycles. The molecule has 12 heavy (non-hydrogen) atoms. The van der Waals surface area contributed by atoms with Crippen LogP contribution in [0.25, 0.3) is 0 Å². The molecule has 72 valence electrons. The second kappa shape index (κ2) is 3.77. The van der Waals surface area contributed by atoms with Crippen molar-refractivity contribution in [2.75, 3.05) is 0 Å². The average Bonchev–Trinajstić information content (AvgIpc) is 1.84. The van der Waals surface area contributed by atoms with E-state index in [9.17, 15) is 10.1 Å². The molecule has 0 radical (unpaired) electrons. The molecule has 0 spiro atoms. The topological polar surface area (TPSA) is 49.7 Å². The van der Waals surface area contributed by atoms with Gasteiger partial charge < -0.3 is 14.8 Å². The van der Waals surface area contributed by atoms with E-state index in [0.29, 0.717) is 6.32 Å². The van der Waals surface area contributed by atoms with Crippen molar-refractivity contribution in [2.24, 2.45) is 0 Å². The quantitative estimate of drug-likeness (QED) is 0.626. The van der Waals surface area contributed by atoms with Crippen molar-refractivity contribution < 1.29 is 14.8 Å². The second-order valence-electron chi connectivity index (χ2n) is 4.05. The van der Waals surface area contributed by atoms with Gasteiger partial charge in [-0.2, -0.15) is 0 Å². The van der Waals surface area contributed by atoms with Crippen molar-refractivity contribution in [3.05, 3.63) is 0 Å². The monoisotopic (exact) mass is 174 g/mol. The van der Waals surface area contributed by atoms with Crippen molar-refractivity contribution in [3.8, 4) is 0 Å². The van der Waals surface area contributed by atoms with E-state index in [4.69, 9.17) is 4.65 Å². The minimum absolute atomic E-state index is 0.527. The van der Waals surface area contributed by atoms with Crippen LogP contribution in [-0.4, -0.2) is 28.5 Å². The van der Waals surface area contributed by atoms with E-state index in [-0.39, 0.29) is 0 Å². The molecule has 0 rings (SSSR count). The van der Waals surface area contributed by atoms with E-state index in [2.05, 4.69) is 0 Å². The molecule has 0 bridgehead atoms.